The molecule has 2 aromatic carbocycles. The molecule has 166 valence electrons. The van der Waals surface area contributed by atoms with Gasteiger partial charge in [-0.15, -0.1) is 0 Å². The van der Waals surface area contributed by atoms with Gasteiger partial charge in [0, 0.05) is 17.7 Å². The fraction of sp³-hybridized carbons (Fsp3) is 0.308. The first-order valence-corrected chi connectivity index (χ1v) is 11.1. The van der Waals surface area contributed by atoms with Gasteiger partial charge in [-0.1, -0.05) is 36.4 Å². The minimum Gasteiger partial charge on any atom is -0.490 e. The molecule has 0 bridgehead atoms. The average Bonchev–Trinajstić information content (AvgIpc) is 3.48. The van der Waals surface area contributed by atoms with Crippen molar-refractivity contribution >= 4 is 29.5 Å². The van der Waals surface area contributed by atoms with Crippen LogP contribution in [-0.4, -0.2) is 29.2 Å². The van der Waals surface area contributed by atoms with Gasteiger partial charge in [0.15, 0.2) is 0 Å². The van der Waals surface area contributed by atoms with Crippen molar-refractivity contribution in [1.82, 2.24) is 10.8 Å². The third-order valence-electron chi connectivity index (χ3n) is 5.71. The van der Waals surface area contributed by atoms with Gasteiger partial charge in [-0.05, 0) is 79.5 Å². The van der Waals surface area contributed by atoms with Gasteiger partial charge < -0.3 is 10.1 Å². The molecule has 0 unspecified atom stereocenters. The molecule has 4 rings (SSSR count). The van der Waals surface area contributed by atoms with Crippen molar-refractivity contribution in [2.75, 3.05) is 0 Å². The van der Waals surface area contributed by atoms with Gasteiger partial charge in [-0.3, -0.25) is 14.8 Å². The van der Waals surface area contributed by atoms with Crippen LogP contribution in [0.4, 0.5) is 0 Å². The molecule has 2 aliphatic carbocycles. The maximum absolute atomic E-state index is 12.9. The van der Waals surface area contributed by atoms with E-state index in [0.717, 1.165) is 48.1 Å². The Bertz CT molecular complexity index is 999. The van der Waals surface area contributed by atoms with Crippen LogP contribution in [0.2, 0.25) is 0 Å². The zero-order valence-electron chi connectivity index (χ0n) is 17.9. The van der Waals surface area contributed by atoms with Gasteiger partial charge in [0.1, 0.15) is 5.75 Å². The van der Waals surface area contributed by atoms with E-state index in [1.165, 1.54) is 18.9 Å². The molecule has 3 N–H and O–H groups in total. The van der Waals surface area contributed by atoms with Crippen LogP contribution in [-0.2, 0) is 9.59 Å². The number of carbonyl (C=O) groups is 2. The first-order chi connectivity index (χ1) is 15.6. The minimum absolute atomic E-state index is 0.0956. The summed E-state index contributed by atoms with van der Waals surface area (Å²) in [6.45, 7) is 0. The number of benzene rings is 2. The summed E-state index contributed by atoms with van der Waals surface area (Å²) in [5.41, 5.74) is 4.65. The molecule has 6 heteroatoms. The number of carbonyl (C=O) groups excluding carboxylic acids is 2. The van der Waals surface area contributed by atoms with Gasteiger partial charge in [-0.25, -0.2) is 5.48 Å². The Labute approximate surface area is 187 Å². The predicted molar refractivity (Wildman–Crippen MR) is 124 cm³/mol. The van der Waals surface area contributed by atoms with E-state index < -0.39 is 5.91 Å². The van der Waals surface area contributed by atoms with Crippen LogP contribution in [0, 0.1) is 0 Å². The summed E-state index contributed by atoms with van der Waals surface area (Å²) in [5.74, 6) is 0.168. The lowest BCUT2D eigenvalue weighted by Gasteiger charge is -2.13. The molecule has 2 aromatic rings. The first kappa shape index (κ1) is 21.8. The molecule has 0 spiro atoms. The largest absolute Gasteiger partial charge is 0.490 e. The molecule has 6 nitrogen and oxygen atoms in total. The quantitative estimate of drug-likeness (QED) is 0.251. The molecule has 0 aliphatic heterocycles. The molecule has 0 heterocycles. The number of hydrogen-bond acceptors (Lipinski definition) is 4. The van der Waals surface area contributed by atoms with E-state index in [1.807, 2.05) is 54.6 Å². The van der Waals surface area contributed by atoms with E-state index in [-0.39, 0.29) is 11.9 Å². The summed E-state index contributed by atoms with van der Waals surface area (Å²) in [6, 6.07) is 15.5. The lowest BCUT2D eigenvalue weighted by atomic mass is 10.00. The summed E-state index contributed by atoms with van der Waals surface area (Å²) < 4.78 is 6.04. The second-order valence-corrected chi connectivity index (χ2v) is 8.33. The van der Waals surface area contributed by atoms with Crippen LogP contribution >= 0.6 is 0 Å². The highest BCUT2D eigenvalue weighted by atomic mass is 16.5. The van der Waals surface area contributed by atoms with E-state index >= 15 is 0 Å². The smallest absolute Gasteiger partial charge is 0.267 e. The minimum atomic E-state index is -0.598. The lowest BCUT2D eigenvalue weighted by molar-refractivity contribution is -0.124. The van der Waals surface area contributed by atoms with Crippen LogP contribution in [0.15, 0.2) is 54.6 Å². The van der Waals surface area contributed by atoms with Crippen molar-refractivity contribution < 1.29 is 19.5 Å². The highest BCUT2D eigenvalue weighted by molar-refractivity contribution is 6.24. The SMILES string of the molecule is O=C(/C=C/c1ccc(/C(=C\c2ccc(OC3CCCC3)cc2)C(=O)NC2CC2)cc1)NO. The predicted octanol–water partition coefficient (Wildman–Crippen LogP) is 4.35. The number of rotatable bonds is 8. The lowest BCUT2D eigenvalue weighted by Crippen LogP contribution is -2.26. The van der Waals surface area contributed by atoms with Crippen molar-refractivity contribution in [3.63, 3.8) is 0 Å². The molecule has 0 atom stereocenters. The highest BCUT2D eigenvalue weighted by Gasteiger charge is 2.25. The summed E-state index contributed by atoms with van der Waals surface area (Å²) in [6.07, 6.45) is 11.8. The molecule has 0 radical (unpaired) electrons. The van der Waals surface area contributed by atoms with Crippen LogP contribution < -0.4 is 15.5 Å². The third-order valence-corrected chi connectivity index (χ3v) is 5.71. The van der Waals surface area contributed by atoms with Crippen LogP contribution in [0.1, 0.15) is 55.2 Å². The average molecular weight is 433 g/mol. The maximum atomic E-state index is 12.9. The van der Waals surface area contributed by atoms with Crippen LogP contribution in [0.25, 0.3) is 17.7 Å². The normalized spacial score (nSPS) is 16.8. The molecule has 0 saturated heterocycles. The van der Waals surface area contributed by atoms with Gasteiger partial charge in [0.25, 0.3) is 11.8 Å². The molecule has 0 aromatic heterocycles. The number of nitrogens with one attached hydrogen (secondary N) is 2. The Kier molecular flexibility index (Phi) is 7.02. The monoisotopic (exact) mass is 432 g/mol. The highest BCUT2D eigenvalue weighted by Crippen LogP contribution is 2.27. The second kappa shape index (κ2) is 10.3. The van der Waals surface area contributed by atoms with Gasteiger partial charge in [-0.2, -0.15) is 0 Å². The van der Waals surface area contributed by atoms with E-state index in [4.69, 9.17) is 9.94 Å². The number of ether oxygens (including phenoxy) is 1. The fourth-order valence-corrected chi connectivity index (χ4v) is 3.76. The summed E-state index contributed by atoms with van der Waals surface area (Å²) in [4.78, 5) is 24.1. The Hall–Kier alpha value is -3.38. The Morgan fingerprint density at radius 3 is 2.19 bits per heavy atom. The van der Waals surface area contributed by atoms with E-state index in [2.05, 4.69) is 5.32 Å². The van der Waals surface area contributed by atoms with Crippen molar-refractivity contribution in [3.8, 4) is 5.75 Å². The zero-order valence-corrected chi connectivity index (χ0v) is 17.9. The Morgan fingerprint density at radius 2 is 1.56 bits per heavy atom. The van der Waals surface area contributed by atoms with Crippen molar-refractivity contribution in [2.45, 2.75) is 50.7 Å². The topological polar surface area (TPSA) is 87.7 Å². The third kappa shape index (κ3) is 6.08. The standard InChI is InChI=1S/C26H28N2O4/c29-25(28-31)16-9-18-5-10-20(11-6-18)24(26(30)27-21-12-13-21)17-19-7-14-23(15-8-19)32-22-3-1-2-4-22/h5-11,14-17,21-22,31H,1-4,12-13H2,(H,27,30)(H,28,29)/b16-9+,24-17+. The molecule has 2 fully saturated rings. The summed E-state index contributed by atoms with van der Waals surface area (Å²) in [7, 11) is 0. The van der Waals surface area contributed by atoms with Gasteiger partial charge in [0.2, 0.25) is 0 Å². The molecule has 32 heavy (non-hydrogen) atoms. The van der Waals surface area contributed by atoms with Crippen molar-refractivity contribution in [1.29, 1.82) is 0 Å². The van der Waals surface area contributed by atoms with Crippen LogP contribution in [0.5, 0.6) is 5.75 Å². The maximum Gasteiger partial charge on any atom is 0.267 e. The van der Waals surface area contributed by atoms with Crippen molar-refractivity contribution in [2.24, 2.45) is 0 Å². The molecule has 2 aliphatic rings. The van der Waals surface area contributed by atoms with Crippen LogP contribution in [0.3, 0.4) is 0 Å². The summed E-state index contributed by atoms with van der Waals surface area (Å²) >= 11 is 0. The van der Waals surface area contributed by atoms with E-state index in [1.54, 1.807) is 11.6 Å². The van der Waals surface area contributed by atoms with E-state index in [0.29, 0.717) is 11.7 Å². The molecule has 2 amide bonds. The number of hydrogen-bond donors (Lipinski definition) is 3. The Balaban J connectivity index is 1.53. The van der Waals surface area contributed by atoms with E-state index in [9.17, 15) is 9.59 Å². The second-order valence-electron chi connectivity index (χ2n) is 8.33. The number of amides is 2. The first-order valence-electron chi connectivity index (χ1n) is 11.1. The van der Waals surface area contributed by atoms with Gasteiger partial charge >= 0.3 is 0 Å². The fourth-order valence-electron chi connectivity index (χ4n) is 3.76. The molecular weight excluding hydrogens is 404 g/mol. The molecule has 2 saturated carbocycles. The van der Waals surface area contributed by atoms with Crippen molar-refractivity contribution in [3.05, 3.63) is 71.3 Å². The van der Waals surface area contributed by atoms with Gasteiger partial charge in [0.05, 0.1) is 6.10 Å². The number of hydroxylamine groups is 1. The zero-order chi connectivity index (χ0) is 22.3. The summed E-state index contributed by atoms with van der Waals surface area (Å²) in [5, 5.41) is 11.7. The Morgan fingerprint density at radius 1 is 0.906 bits per heavy atom. The molecular formula is C26H28N2O4.